The van der Waals surface area contributed by atoms with Crippen LogP contribution in [0.25, 0.3) is 11.3 Å². The molecule has 1 aliphatic rings. The van der Waals surface area contributed by atoms with Crippen molar-refractivity contribution in [3.8, 4) is 11.3 Å². The summed E-state index contributed by atoms with van der Waals surface area (Å²) in [4.78, 5) is 17.1. The Morgan fingerprint density at radius 2 is 1.79 bits per heavy atom. The van der Waals surface area contributed by atoms with Gasteiger partial charge in [0.2, 0.25) is 0 Å². The van der Waals surface area contributed by atoms with Crippen LogP contribution in [-0.4, -0.2) is 44.0 Å². The van der Waals surface area contributed by atoms with Crippen LogP contribution in [0.15, 0.2) is 65.1 Å². The SMILES string of the molecule is CN(C)C1CCN(c2ccc(NC(=O)c3ccc(-c4ccc(F)cc4)o3)cc2)C1. The number of benzene rings is 2. The lowest BCUT2D eigenvalue weighted by atomic mass is 10.2. The molecule has 0 saturated carbocycles. The first-order valence-corrected chi connectivity index (χ1v) is 9.68. The summed E-state index contributed by atoms with van der Waals surface area (Å²) in [5.41, 5.74) is 2.59. The summed E-state index contributed by atoms with van der Waals surface area (Å²) in [6.07, 6.45) is 1.15. The number of nitrogens with zero attached hydrogens (tertiary/aromatic N) is 2. The van der Waals surface area contributed by atoms with E-state index in [0.29, 0.717) is 17.5 Å². The van der Waals surface area contributed by atoms with Gasteiger partial charge in [-0.2, -0.15) is 0 Å². The van der Waals surface area contributed by atoms with E-state index < -0.39 is 0 Å². The number of rotatable bonds is 5. The maximum atomic E-state index is 13.1. The molecule has 5 nitrogen and oxygen atoms in total. The lowest BCUT2D eigenvalue weighted by Crippen LogP contribution is -2.31. The van der Waals surface area contributed by atoms with Crippen LogP contribution in [0.2, 0.25) is 0 Å². The van der Waals surface area contributed by atoms with E-state index in [1.54, 1.807) is 24.3 Å². The highest BCUT2D eigenvalue weighted by molar-refractivity contribution is 6.02. The van der Waals surface area contributed by atoms with Gasteiger partial charge in [-0.15, -0.1) is 0 Å². The molecule has 4 rings (SSSR count). The zero-order valence-electron chi connectivity index (χ0n) is 16.6. The Morgan fingerprint density at radius 1 is 1.07 bits per heavy atom. The van der Waals surface area contributed by atoms with Gasteiger partial charge in [-0.1, -0.05) is 0 Å². The number of hydrogen-bond donors (Lipinski definition) is 1. The summed E-state index contributed by atoms with van der Waals surface area (Å²) in [5, 5.41) is 2.86. The van der Waals surface area contributed by atoms with E-state index in [1.165, 1.54) is 12.1 Å². The lowest BCUT2D eigenvalue weighted by molar-refractivity contribution is 0.0997. The normalized spacial score (nSPS) is 16.4. The first kappa shape index (κ1) is 19.2. The maximum absolute atomic E-state index is 13.1. The summed E-state index contributed by atoms with van der Waals surface area (Å²) in [6.45, 7) is 2.05. The van der Waals surface area contributed by atoms with Crippen LogP contribution < -0.4 is 10.2 Å². The Morgan fingerprint density at radius 3 is 2.45 bits per heavy atom. The molecule has 3 aromatic rings. The number of carbonyl (C=O) groups excluding carboxylic acids is 1. The highest BCUT2D eigenvalue weighted by Crippen LogP contribution is 2.25. The molecule has 1 aliphatic heterocycles. The van der Waals surface area contributed by atoms with Crippen molar-refractivity contribution in [2.24, 2.45) is 0 Å². The molecule has 1 N–H and O–H groups in total. The standard InChI is InChI=1S/C23H24FN3O2/c1-26(2)20-13-14-27(15-20)19-9-7-18(8-10-19)25-23(28)22-12-11-21(29-22)16-3-5-17(24)6-4-16/h3-12,20H,13-15H2,1-2H3,(H,25,28). The smallest absolute Gasteiger partial charge is 0.291 e. The molecule has 0 radical (unpaired) electrons. The fraction of sp³-hybridized carbons (Fsp3) is 0.261. The monoisotopic (exact) mass is 393 g/mol. The van der Waals surface area contributed by atoms with E-state index in [2.05, 4.69) is 29.2 Å². The number of furan rings is 1. The van der Waals surface area contributed by atoms with E-state index in [0.717, 1.165) is 30.8 Å². The molecule has 2 heterocycles. The van der Waals surface area contributed by atoms with E-state index in [9.17, 15) is 9.18 Å². The van der Waals surface area contributed by atoms with E-state index in [1.807, 2.05) is 24.3 Å². The van der Waals surface area contributed by atoms with Gasteiger partial charge >= 0.3 is 0 Å². The molecular formula is C23H24FN3O2. The fourth-order valence-corrected chi connectivity index (χ4v) is 3.58. The molecule has 29 heavy (non-hydrogen) atoms. The van der Waals surface area contributed by atoms with Crippen molar-refractivity contribution in [2.45, 2.75) is 12.5 Å². The summed E-state index contributed by atoms with van der Waals surface area (Å²) < 4.78 is 18.7. The Balaban J connectivity index is 1.39. The van der Waals surface area contributed by atoms with E-state index >= 15 is 0 Å². The average Bonchev–Trinajstić information content (AvgIpc) is 3.39. The minimum atomic E-state index is -0.319. The van der Waals surface area contributed by atoms with Crippen LogP contribution in [0.1, 0.15) is 17.0 Å². The number of anilines is 2. The molecule has 0 spiro atoms. The van der Waals surface area contributed by atoms with Gasteiger partial charge in [-0.05, 0) is 81.2 Å². The van der Waals surface area contributed by atoms with Gasteiger partial charge in [0.15, 0.2) is 5.76 Å². The molecule has 0 bridgehead atoms. The molecule has 150 valence electrons. The van der Waals surface area contributed by atoms with Gasteiger partial charge in [0, 0.05) is 36.1 Å². The number of carbonyl (C=O) groups is 1. The van der Waals surface area contributed by atoms with Crippen LogP contribution in [0.5, 0.6) is 0 Å². The quantitative estimate of drug-likeness (QED) is 0.694. The molecular weight excluding hydrogens is 369 g/mol. The second-order valence-corrected chi connectivity index (χ2v) is 7.52. The van der Waals surface area contributed by atoms with Crippen molar-refractivity contribution in [2.75, 3.05) is 37.4 Å². The number of nitrogens with one attached hydrogen (secondary N) is 1. The van der Waals surface area contributed by atoms with Gasteiger partial charge in [-0.3, -0.25) is 4.79 Å². The Bertz CT molecular complexity index is 980. The van der Waals surface area contributed by atoms with Crippen molar-refractivity contribution in [3.05, 3.63) is 72.2 Å². The van der Waals surface area contributed by atoms with Gasteiger partial charge in [0.05, 0.1) is 0 Å². The molecule has 1 aromatic heterocycles. The lowest BCUT2D eigenvalue weighted by Gasteiger charge is -2.22. The van der Waals surface area contributed by atoms with Crippen molar-refractivity contribution in [1.29, 1.82) is 0 Å². The Labute approximate surface area is 169 Å². The minimum Gasteiger partial charge on any atom is -0.451 e. The second-order valence-electron chi connectivity index (χ2n) is 7.52. The zero-order valence-corrected chi connectivity index (χ0v) is 16.6. The number of halogens is 1. The molecule has 1 unspecified atom stereocenters. The van der Waals surface area contributed by atoms with Gasteiger partial charge in [-0.25, -0.2) is 4.39 Å². The maximum Gasteiger partial charge on any atom is 0.291 e. The van der Waals surface area contributed by atoms with Crippen LogP contribution in [-0.2, 0) is 0 Å². The third-order valence-electron chi connectivity index (χ3n) is 5.34. The molecule has 1 fully saturated rings. The average molecular weight is 393 g/mol. The predicted molar refractivity (Wildman–Crippen MR) is 113 cm³/mol. The van der Waals surface area contributed by atoms with Gasteiger partial charge < -0.3 is 19.5 Å². The van der Waals surface area contributed by atoms with Gasteiger partial charge in [0.25, 0.3) is 5.91 Å². The molecule has 1 atom stereocenters. The minimum absolute atomic E-state index is 0.210. The highest BCUT2D eigenvalue weighted by atomic mass is 19.1. The predicted octanol–water partition coefficient (Wildman–Crippen LogP) is 4.48. The molecule has 6 heteroatoms. The fourth-order valence-electron chi connectivity index (χ4n) is 3.58. The van der Waals surface area contributed by atoms with E-state index in [-0.39, 0.29) is 17.5 Å². The van der Waals surface area contributed by atoms with Crippen LogP contribution in [0, 0.1) is 5.82 Å². The largest absolute Gasteiger partial charge is 0.451 e. The van der Waals surface area contributed by atoms with E-state index in [4.69, 9.17) is 4.42 Å². The number of likely N-dealkylation sites (N-methyl/N-ethyl adjacent to an activating group) is 1. The summed E-state index contributed by atoms with van der Waals surface area (Å²) >= 11 is 0. The second kappa shape index (κ2) is 8.09. The highest BCUT2D eigenvalue weighted by Gasteiger charge is 2.24. The Kier molecular flexibility index (Phi) is 5.36. The third kappa shape index (κ3) is 4.32. The Hall–Kier alpha value is -3.12. The third-order valence-corrected chi connectivity index (χ3v) is 5.34. The summed E-state index contributed by atoms with van der Waals surface area (Å²) in [6, 6.07) is 17.7. The first-order chi connectivity index (χ1) is 14.0. The van der Waals surface area contributed by atoms with Crippen molar-refractivity contribution < 1.29 is 13.6 Å². The van der Waals surface area contributed by atoms with Crippen LogP contribution in [0.4, 0.5) is 15.8 Å². The van der Waals surface area contributed by atoms with Crippen molar-refractivity contribution >= 4 is 17.3 Å². The summed E-state index contributed by atoms with van der Waals surface area (Å²) in [5.74, 6) is 0.101. The molecule has 2 aromatic carbocycles. The first-order valence-electron chi connectivity index (χ1n) is 9.68. The van der Waals surface area contributed by atoms with Crippen molar-refractivity contribution in [1.82, 2.24) is 4.90 Å². The molecule has 1 saturated heterocycles. The summed E-state index contributed by atoms with van der Waals surface area (Å²) in [7, 11) is 4.23. The molecule has 1 amide bonds. The molecule has 0 aliphatic carbocycles. The van der Waals surface area contributed by atoms with Crippen LogP contribution >= 0.6 is 0 Å². The zero-order chi connectivity index (χ0) is 20.4. The topological polar surface area (TPSA) is 48.7 Å². The number of amides is 1. The number of hydrogen-bond acceptors (Lipinski definition) is 4. The van der Waals surface area contributed by atoms with Gasteiger partial charge in [0.1, 0.15) is 11.6 Å². The van der Waals surface area contributed by atoms with Crippen molar-refractivity contribution in [3.63, 3.8) is 0 Å². The van der Waals surface area contributed by atoms with Crippen LogP contribution in [0.3, 0.4) is 0 Å².